The number of aromatic nitrogens is 5. The molecule has 0 amide bonds. The predicted molar refractivity (Wildman–Crippen MR) is 263 cm³/mol. The minimum absolute atomic E-state index is 0.0641. The fourth-order valence-corrected chi connectivity index (χ4v) is 10.3. The van der Waals surface area contributed by atoms with Crippen molar-refractivity contribution in [2.24, 2.45) is 0 Å². The first-order chi connectivity index (χ1) is 34.1. The maximum absolute atomic E-state index is 9.22. The lowest BCUT2D eigenvalue weighted by atomic mass is 10.0. The number of thiophene rings is 1. The third-order valence-corrected chi connectivity index (χ3v) is 13.1. The van der Waals surface area contributed by atoms with Gasteiger partial charge in [-0.1, -0.05) is 139 Å². The highest BCUT2D eigenvalue weighted by Crippen LogP contribution is 2.41. The Morgan fingerprint density at radius 1 is 0.381 bits per heavy atom. The van der Waals surface area contributed by atoms with Gasteiger partial charge in [-0.05, 0) is 83.9 Å². The summed E-state index contributed by atoms with van der Waals surface area (Å²) in [5.74, 6) is 1.09. The molecular formula is C57H35N5S. The van der Waals surface area contributed by atoms with E-state index in [2.05, 4.69) is 108 Å². The average Bonchev–Trinajstić information content (AvgIpc) is 4.08. The number of hydrogen-bond donors (Lipinski definition) is 0. The van der Waals surface area contributed by atoms with Crippen LogP contribution >= 0.6 is 11.3 Å². The Morgan fingerprint density at radius 2 is 0.984 bits per heavy atom. The molecule has 0 radical (unpaired) electrons. The fourth-order valence-electron chi connectivity index (χ4n) is 9.08. The third-order valence-electron chi connectivity index (χ3n) is 11.9. The van der Waals surface area contributed by atoms with Crippen molar-refractivity contribution in [3.63, 3.8) is 0 Å². The molecule has 0 atom stereocenters. The zero-order chi connectivity index (χ0) is 47.5. The summed E-state index contributed by atoms with van der Waals surface area (Å²) in [6.45, 7) is 0. The van der Waals surface area contributed by atoms with Crippen LogP contribution in [0.2, 0.25) is 0 Å². The summed E-state index contributed by atoms with van der Waals surface area (Å²) in [5.41, 5.74) is 7.90. The van der Waals surface area contributed by atoms with Gasteiger partial charge in [-0.15, -0.1) is 11.3 Å². The smallest absolute Gasteiger partial charge is 0.166 e. The first-order valence-corrected chi connectivity index (χ1v) is 21.4. The van der Waals surface area contributed by atoms with Gasteiger partial charge in [-0.25, -0.2) is 15.0 Å². The Balaban J connectivity index is 1.04. The molecule has 5 nitrogen and oxygen atoms in total. The van der Waals surface area contributed by atoms with E-state index < -0.39 is 12.1 Å². The van der Waals surface area contributed by atoms with Crippen molar-refractivity contribution < 1.29 is 9.60 Å². The molecule has 9 aromatic carbocycles. The average molecular weight is 829 g/mol. The van der Waals surface area contributed by atoms with Gasteiger partial charge in [0.2, 0.25) is 0 Å². The predicted octanol–water partition coefficient (Wildman–Crippen LogP) is 15.1. The lowest BCUT2D eigenvalue weighted by Gasteiger charge is -2.15. The number of nitrogens with zero attached hydrogens (tertiary/aromatic N) is 5. The molecule has 0 fully saturated rings. The standard InChI is InChI=1S/C57H35N5S/c1-7-25-48-41(17-1)42-18-2-8-26-49(42)61(48)39-33-31-36(32-34-39)55-58-56(38-16-13-15-37(35-38)40-23-14-24-46-45-21-6-12-30-53(45)63-54(40)46)60-57(59-55)47-22-5-11-29-52(47)62-50-27-9-3-19-43(50)44-20-4-10-28-51(44)62/h1-35H/i3D,4D,9D,19D,20D,27D,28D. The Labute approximate surface area is 376 Å². The van der Waals surface area contributed by atoms with E-state index in [1.165, 1.54) is 26.2 Å². The monoisotopic (exact) mass is 828 g/mol. The fraction of sp³-hybridized carbons (Fsp3) is 0. The summed E-state index contributed by atoms with van der Waals surface area (Å²) in [5, 5.41) is 4.89. The van der Waals surface area contributed by atoms with Gasteiger partial charge in [0.15, 0.2) is 17.5 Å². The lowest BCUT2D eigenvalue weighted by molar-refractivity contribution is 1.06. The van der Waals surface area contributed by atoms with Crippen LogP contribution in [-0.4, -0.2) is 24.1 Å². The van der Waals surface area contributed by atoms with Gasteiger partial charge >= 0.3 is 0 Å². The van der Waals surface area contributed by atoms with Gasteiger partial charge in [-0.3, -0.25) is 0 Å². The summed E-state index contributed by atoms with van der Waals surface area (Å²) >= 11 is 1.76. The van der Waals surface area contributed by atoms with E-state index >= 15 is 0 Å². The molecule has 13 aromatic rings. The molecular weight excluding hydrogens is 787 g/mol. The van der Waals surface area contributed by atoms with Gasteiger partial charge < -0.3 is 9.13 Å². The first-order valence-electron chi connectivity index (χ1n) is 24.1. The van der Waals surface area contributed by atoms with Crippen molar-refractivity contribution in [3.05, 3.63) is 212 Å². The molecule has 0 saturated heterocycles. The van der Waals surface area contributed by atoms with Crippen LogP contribution in [-0.2, 0) is 0 Å². The molecule has 0 spiro atoms. The van der Waals surface area contributed by atoms with Crippen molar-refractivity contribution in [2.45, 2.75) is 0 Å². The zero-order valence-corrected chi connectivity index (χ0v) is 34.1. The SMILES string of the molecule is [2H]c1cc([2H])c2c(c1[2H])c1c([2H])c([2H])c([2H])c([2H])c1n2-c1ccccc1-c1nc(-c2ccc(-n3c4ccccc4c4ccccc43)cc2)nc(-c2cccc(-c3cccc4c3sc3ccccc34)c2)n1. The highest BCUT2D eigenvalue weighted by Gasteiger charge is 2.20. The summed E-state index contributed by atoms with van der Waals surface area (Å²) in [7, 11) is 0. The van der Waals surface area contributed by atoms with Gasteiger partial charge in [-0.2, -0.15) is 0 Å². The van der Waals surface area contributed by atoms with Crippen LogP contribution in [0.15, 0.2) is 212 Å². The number of rotatable bonds is 6. The van der Waals surface area contributed by atoms with Gasteiger partial charge in [0, 0.05) is 64.1 Å². The van der Waals surface area contributed by atoms with Crippen molar-refractivity contribution in [2.75, 3.05) is 0 Å². The van der Waals surface area contributed by atoms with Crippen LogP contribution in [0.4, 0.5) is 0 Å². The highest BCUT2D eigenvalue weighted by atomic mass is 32.1. The molecule has 0 N–H and O–H groups in total. The van der Waals surface area contributed by atoms with E-state index in [9.17, 15) is 2.74 Å². The Bertz CT molecular complexity index is 4300. The molecule has 0 aliphatic carbocycles. The molecule has 13 rings (SSSR count). The maximum atomic E-state index is 9.22. The second-order valence-electron chi connectivity index (χ2n) is 15.4. The van der Waals surface area contributed by atoms with Crippen molar-refractivity contribution in [3.8, 4) is 56.7 Å². The van der Waals surface area contributed by atoms with E-state index in [1.807, 2.05) is 48.5 Å². The lowest BCUT2D eigenvalue weighted by Crippen LogP contribution is -2.03. The topological polar surface area (TPSA) is 48.5 Å². The number of para-hydroxylation sites is 5. The Hall–Kier alpha value is -8.19. The summed E-state index contributed by atoms with van der Waals surface area (Å²) < 4.78 is 68.6. The molecule has 63 heavy (non-hydrogen) atoms. The minimum Gasteiger partial charge on any atom is -0.309 e. The van der Waals surface area contributed by atoms with E-state index in [1.54, 1.807) is 28.0 Å². The molecule has 4 aromatic heterocycles. The number of fused-ring (bicyclic) bond motifs is 9. The van der Waals surface area contributed by atoms with Crippen molar-refractivity contribution >= 4 is 75.1 Å². The maximum Gasteiger partial charge on any atom is 0.166 e. The van der Waals surface area contributed by atoms with Crippen LogP contribution in [0.25, 0.3) is 120 Å². The summed E-state index contributed by atoms with van der Waals surface area (Å²) in [4.78, 5) is 15.6. The summed E-state index contributed by atoms with van der Waals surface area (Å²) in [6.07, 6.45) is 0. The van der Waals surface area contributed by atoms with Gasteiger partial charge in [0.1, 0.15) is 0 Å². The molecule has 6 heteroatoms. The molecule has 294 valence electrons. The van der Waals surface area contributed by atoms with Crippen LogP contribution < -0.4 is 0 Å². The van der Waals surface area contributed by atoms with Crippen LogP contribution in [0.3, 0.4) is 0 Å². The van der Waals surface area contributed by atoms with Crippen LogP contribution in [0.5, 0.6) is 0 Å². The first kappa shape index (κ1) is 29.1. The molecule has 0 aliphatic rings. The zero-order valence-electron chi connectivity index (χ0n) is 40.3. The van der Waals surface area contributed by atoms with Crippen LogP contribution in [0.1, 0.15) is 9.60 Å². The van der Waals surface area contributed by atoms with Crippen molar-refractivity contribution in [1.29, 1.82) is 0 Å². The second kappa shape index (κ2) is 14.2. The molecule has 4 heterocycles. The number of benzene rings is 9. The van der Waals surface area contributed by atoms with Gasteiger partial charge in [0.05, 0.1) is 37.3 Å². The van der Waals surface area contributed by atoms with Gasteiger partial charge in [0.25, 0.3) is 0 Å². The quantitative estimate of drug-likeness (QED) is 0.168. The van der Waals surface area contributed by atoms with E-state index in [-0.39, 0.29) is 57.8 Å². The Morgan fingerprint density at radius 3 is 1.81 bits per heavy atom. The van der Waals surface area contributed by atoms with E-state index in [4.69, 9.17) is 21.8 Å². The van der Waals surface area contributed by atoms with Crippen LogP contribution in [0, 0.1) is 0 Å². The molecule has 0 saturated carbocycles. The largest absolute Gasteiger partial charge is 0.309 e. The van der Waals surface area contributed by atoms with E-state index in [0.29, 0.717) is 22.9 Å². The summed E-state index contributed by atoms with van der Waals surface area (Å²) in [6, 6.07) is 54.3. The molecule has 0 unspecified atom stereocenters. The van der Waals surface area contributed by atoms with E-state index in [0.717, 1.165) is 49.7 Å². The second-order valence-corrected chi connectivity index (χ2v) is 16.5. The third kappa shape index (κ3) is 5.66. The molecule has 0 aliphatic heterocycles. The highest BCUT2D eigenvalue weighted by molar-refractivity contribution is 7.26. The minimum atomic E-state index is -0.465. The normalized spacial score (nSPS) is 13.4. The molecule has 0 bridgehead atoms. The van der Waals surface area contributed by atoms with Crippen molar-refractivity contribution in [1.82, 2.24) is 24.1 Å². The Kier molecular flexibility index (Phi) is 6.57. The number of hydrogen-bond acceptors (Lipinski definition) is 4.